The zero-order valence-corrected chi connectivity index (χ0v) is 13.0. The number of rotatable bonds is 5. The van der Waals surface area contributed by atoms with E-state index >= 15 is 0 Å². The van der Waals surface area contributed by atoms with Crippen LogP contribution in [0.25, 0.3) is 0 Å². The van der Waals surface area contributed by atoms with E-state index in [4.69, 9.17) is 4.52 Å². The van der Waals surface area contributed by atoms with Gasteiger partial charge in [0.2, 0.25) is 11.8 Å². The van der Waals surface area contributed by atoms with Gasteiger partial charge < -0.3 is 14.7 Å². The molecule has 1 heterocycles. The summed E-state index contributed by atoms with van der Waals surface area (Å²) >= 11 is 0. The minimum atomic E-state index is -0.0589. The van der Waals surface area contributed by atoms with Crippen LogP contribution in [0.15, 0.2) is 28.8 Å². The van der Waals surface area contributed by atoms with E-state index in [1.807, 2.05) is 31.2 Å². The van der Waals surface area contributed by atoms with Crippen molar-refractivity contribution in [2.45, 2.75) is 38.6 Å². The van der Waals surface area contributed by atoms with E-state index in [2.05, 4.69) is 15.5 Å². The fourth-order valence-electron chi connectivity index (χ4n) is 2.21. The van der Waals surface area contributed by atoms with Crippen molar-refractivity contribution in [3.8, 4) is 0 Å². The second kappa shape index (κ2) is 5.79. The molecular formula is C16H20N4O2. The molecule has 116 valence electrons. The highest BCUT2D eigenvalue weighted by Gasteiger charge is 2.29. The number of amides is 1. The molecular weight excluding hydrogens is 280 g/mol. The Morgan fingerprint density at radius 2 is 2.05 bits per heavy atom. The molecule has 3 rings (SSSR count). The van der Waals surface area contributed by atoms with Crippen molar-refractivity contribution in [2.24, 2.45) is 0 Å². The normalized spacial score (nSPS) is 15.4. The van der Waals surface area contributed by atoms with Gasteiger partial charge in [0, 0.05) is 31.3 Å². The molecule has 1 N–H and O–H groups in total. The summed E-state index contributed by atoms with van der Waals surface area (Å²) in [5.74, 6) is 1.92. The summed E-state index contributed by atoms with van der Waals surface area (Å²) in [7, 11) is 1.76. The van der Waals surface area contributed by atoms with Crippen molar-refractivity contribution in [3.63, 3.8) is 0 Å². The fraction of sp³-hybridized carbons (Fsp3) is 0.438. The predicted molar refractivity (Wildman–Crippen MR) is 83.8 cm³/mol. The first kappa shape index (κ1) is 14.6. The molecule has 1 fully saturated rings. The Hall–Kier alpha value is -2.37. The third kappa shape index (κ3) is 3.10. The maximum atomic E-state index is 11.3. The third-order valence-electron chi connectivity index (χ3n) is 3.88. The second-order valence-electron chi connectivity index (χ2n) is 5.76. The Labute approximate surface area is 129 Å². The Morgan fingerprint density at radius 1 is 1.36 bits per heavy atom. The lowest BCUT2D eigenvalue weighted by Crippen LogP contribution is -2.22. The van der Waals surface area contributed by atoms with E-state index < -0.39 is 0 Å². The van der Waals surface area contributed by atoms with Gasteiger partial charge in [0.15, 0.2) is 5.82 Å². The third-order valence-corrected chi connectivity index (χ3v) is 3.88. The van der Waals surface area contributed by atoms with Gasteiger partial charge in [-0.3, -0.25) is 4.79 Å². The molecule has 0 radical (unpaired) electrons. The highest BCUT2D eigenvalue weighted by Crippen LogP contribution is 2.38. The molecule has 6 heteroatoms. The molecule has 0 spiro atoms. The zero-order valence-electron chi connectivity index (χ0n) is 13.0. The average Bonchev–Trinajstić information content (AvgIpc) is 3.24. The number of anilines is 2. The minimum absolute atomic E-state index is 0.00698. The highest BCUT2D eigenvalue weighted by atomic mass is 16.5. The van der Waals surface area contributed by atoms with Crippen LogP contribution < -0.4 is 10.2 Å². The van der Waals surface area contributed by atoms with Gasteiger partial charge in [0.05, 0.1) is 0 Å². The zero-order chi connectivity index (χ0) is 15.7. The quantitative estimate of drug-likeness (QED) is 0.918. The molecule has 0 saturated heterocycles. The number of hydrogen-bond acceptors (Lipinski definition) is 5. The molecule has 1 atom stereocenters. The molecule has 0 aliphatic heterocycles. The minimum Gasteiger partial charge on any atom is -0.374 e. The van der Waals surface area contributed by atoms with Crippen LogP contribution in [0.5, 0.6) is 0 Å². The molecule has 1 aromatic heterocycles. The summed E-state index contributed by atoms with van der Waals surface area (Å²) in [6.45, 7) is 3.53. The molecule has 6 nitrogen and oxygen atoms in total. The lowest BCUT2D eigenvalue weighted by atomic mass is 10.2. The first-order valence-electron chi connectivity index (χ1n) is 7.49. The molecule has 22 heavy (non-hydrogen) atoms. The number of carbonyl (C=O) groups excluding carboxylic acids is 1. The van der Waals surface area contributed by atoms with Gasteiger partial charge in [0.1, 0.15) is 6.04 Å². The molecule has 1 amide bonds. The van der Waals surface area contributed by atoms with E-state index in [0.29, 0.717) is 11.8 Å². The van der Waals surface area contributed by atoms with Crippen LogP contribution in [0.2, 0.25) is 0 Å². The van der Waals surface area contributed by atoms with Crippen LogP contribution in [0.4, 0.5) is 11.4 Å². The summed E-state index contributed by atoms with van der Waals surface area (Å²) in [4.78, 5) is 17.4. The van der Waals surface area contributed by atoms with Crippen LogP contribution in [-0.2, 0) is 4.79 Å². The molecule has 2 aromatic rings. The van der Waals surface area contributed by atoms with Crippen molar-refractivity contribution in [1.82, 2.24) is 10.1 Å². The number of hydrogen-bond donors (Lipinski definition) is 1. The Bertz CT molecular complexity index is 661. The summed E-state index contributed by atoms with van der Waals surface area (Å²) in [6.07, 6.45) is 2.32. The average molecular weight is 300 g/mol. The van der Waals surface area contributed by atoms with E-state index in [0.717, 1.165) is 30.0 Å². The van der Waals surface area contributed by atoms with E-state index in [1.165, 1.54) is 0 Å². The van der Waals surface area contributed by atoms with Gasteiger partial charge in [-0.25, -0.2) is 0 Å². The fourth-order valence-corrected chi connectivity index (χ4v) is 2.21. The van der Waals surface area contributed by atoms with Gasteiger partial charge in [-0.15, -0.1) is 0 Å². The van der Waals surface area contributed by atoms with E-state index in [9.17, 15) is 4.79 Å². The van der Waals surface area contributed by atoms with Crippen LogP contribution >= 0.6 is 0 Å². The standard InChI is InChI=1S/C16H20N4O2/c1-10(16-18-15(19-22-16)12-4-5-12)17-13-6-8-14(9-7-13)20(3)11(2)21/h6-10,12,17H,4-5H2,1-3H3. The number of nitrogens with zero attached hydrogens (tertiary/aromatic N) is 3. The van der Waals surface area contributed by atoms with Crippen molar-refractivity contribution in [3.05, 3.63) is 36.0 Å². The monoisotopic (exact) mass is 300 g/mol. The number of carbonyl (C=O) groups is 1. The molecule has 1 aliphatic carbocycles. The molecule has 1 aromatic carbocycles. The number of nitrogens with one attached hydrogen (secondary N) is 1. The van der Waals surface area contributed by atoms with Gasteiger partial charge >= 0.3 is 0 Å². The maximum absolute atomic E-state index is 11.3. The predicted octanol–water partition coefficient (Wildman–Crippen LogP) is 3.10. The summed E-state index contributed by atoms with van der Waals surface area (Å²) < 4.78 is 5.32. The van der Waals surface area contributed by atoms with Crippen LogP contribution in [-0.4, -0.2) is 23.1 Å². The molecule has 0 bridgehead atoms. The smallest absolute Gasteiger partial charge is 0.248 e. The molecule has 1 saturated carbocycles. The highest BCUT2D eigenvalue weighted by molar-refractivity contribution is 5.91. The van der Waals surface area contributed by atoms with Gasteiger partial charge in [-0.2, -0.15) is 4.98 Å². The Kier molecular flexibility index (Phi) is 3.83. The number of benzene rings is 1. The van der Waals surface area contributed by atoms with Crippen LogP contribution in [0.3, 0.4) is 0 Å². The van der Waals surface area contributed by atoms with Crippen molar-refractivity contribution >= 4 is 17.3 Å². The van der Waals surface area contributed by atoms with E-state index in [-0.39, 0.29) is 11.9 Å². The number of aromatic nitrogens is 2. The summed E-state index contributed by atoms with van der Waals surface area (Å²) in [6, 6.07) is 7.61. The molecule has 1 aliphatic rings. The van der Waals surface area contributed by atoms with Crippen LogP contribution in [0.1, 0.15) is 50.4 Å². The largest absolute Gasteiger partial charge is 0.374 e. The van der Waals surface area contributed by atoms with Crippen molar-refractivity contribution in [1.29, 1.82) is 0 Å². The molecule has 1 unspecified atom stereocenters. The first-order valence-corrected chi connectivity index (χ1v) is 7.49. The van der Waals surface area contributed by atoms with Crippen LogP contribution in [0, 0.1) is 0 Å². The summed E-state index contributed by atoms with van der Waals surface area (Å²) in [5, 5.41) is 7.35. The Morgan fingerprint density at radius 3 is 2.64 bits per heavy atom. The van der Waals surface area contributed by atoms with Gasteiger partial charge in [-0.05, 0) is 44.0 Å². The lowest BCUT2D eigenvalue weighted by Gasteiger charge is -2.16. The van der Waals surface area contributed by atoms with Gasteiger partial charge in [-0.1, -0.05) is 5.16 Å². The maximum Gasteiger partial charge on any atom is 0.248 e. The topological polar surface area (TPSA) is 71.3 Å². The van der Waals surface area contributed by atoms with Crippen molar-refractivity contribution in [2.75, 3.05) is 17.3 Å². The Balaban J connectivity index is 1.65. The van der Waals surface area contributed by atoms with Crippen molar-refractivity contribution < 1.29 is 9.32 Å². The lowest BCUT2D eigenvalue weighted by molar-refractivity contribution is -0.116. The SMILES string of the molecule is CC(=O)N(C)c1ccc(NC(C)c2nc(C3CC3)no2)cc1. The first-order chi connectivity index (χ1) is 10.5. The second-order valence-corrected chi connectivity index (χ2v) is 5.76. The van der Waals surface area contributed by atoms with E-state index in [1.54, 1.807) is 18.9 Å². The van der Waals surface area contributed by atoms with Gasteiger partial charge in [0.25, 0.3) is 0 Å². The summed E-state index contributed by atoms with van der Waals surface area (Å²) in [5.41, 5.74) is 1.80.